The van der Waals surface area contributed by atoms with E-state index in [1.165, 1.54) is 31.4 Å². The third kappa shape index (κ3) is 4.56. The first-order chi connectivity index (χ1) is 12.0. The van der Waals surface area contributed by atoms with Crippen molar-refractivity contribution < 1.29 is 17.6 Å². The van der Waals surface area contributed by atoms with Crippen molar-refractivity contribution in [2.45, 2.75) is 36.6 Å². The van der Waals surface area contributed by atoms with E-state index >= 15 is 0 Å². The number of piperidine rings is 1. The minimum atomic E-state index is -3.81. The normalized spacial score (nSPS) is 22.3. The molecular formula is C17H24FN3O3S. The smallest absolute Gasteiger partial charge is 0.241 e. The Labute approximate surface area is 148 Å². The van der Waals surface area contributed by atoms with Crippen molar-refractivity contribution in [3.8, 4) is 0 Å². The van der Waals surface area contributed by atoms with E-state index < -0.39 is 15.8 Å². The number of benzene rings is 1. The van der Waals surface area contributed by atoms with Crippen molar-refractivity contribution in [2.75, 3.05) is 32.7 Å². The van der Waals surface area contributed by atoms with Crippen molar-refractivity contribution in [1.29, 1.82) is 0 Å². The molecular weight excluding hydrogens is 345 g/mol. The van der Waals surface area contributed by atoms with Crippen molar-refractivity contribution >= 4 is 15.9 Å². The highest BCUT2D eigenvalue weighted by Gasteiger charge is 2.31. The largest absolute Gasteiger partial charge is 0.340 e. The van der Waals surface area contributed by atoms with Crippen LogP contribution in [0.1, 0.15) is 25.7 Å². The lowest BCUT2D eigenvalue weighted by molar-refractivity contribution is -0.129. The number of carbonyl (C=O) groups is 1. The molecule has 8 heteroatoms. The molecule has 138 valence electrons. The monoisotopic (exact) mass is 369 g/mol. The fourth-order valence-corrected chi connectivity index (χ4v) is 4.49. The number of sulfonamides is 1. The molecule has 2 heterocycles. The van der Waals surface area contributed by atoms with Gasteiger partial charge < -0.3 is 4.90 Å². The molecule has 0 aromatic heterocycles. The van der Waals surface area contributed by atoms with Crippen LogP contribution in [0.3, 0.4) is 0 Å². The van der Waals surface area contributed by atoms with Gasteiger partial charge in [-0.05, 0) is 56.6 Å². The topological polar surface area (TPSA) is 69.7 Å². The van der Waals surface area contributed by atoms with Gasteiger partial charge in [0.25, 0.3) is 0 Å². The summed E-state index contributed by atoms with van der Waals surface area (Å²) >= 11 is 0. The van der Waals surface area contributed by atoms with Crippen LogP contribution in [0.2, 0.25) is 0 Å². The van der Waals surface area contributed by atoms with E-state index in [1.54, 1.807) is 4.90 Å². The summed E-state index contributed by atoms with van der Waals surface area (Å²) in [6.45, 7) is 3.23. The van der Waals surface area contributed by atoms with E-state index in [0.717, 1.165) is 31.6 Å². The second-order valence-electron chi connectivity index (χ2n) is 6.66. The minimum absolute atomic E-state index is 0.0469. The molecule has 0 bridgehead atoms. The predicted octanol–water partition coefficient (Wildman–Crippen LogP) is 1.19. The van der Waals surface area contributed by atoms with Gasteiger partial charge in [0.2, 0.25) is 15.9 Å². The Kier molecular flexibility index (Phi) is 5.71. The quantitative estimate of drug-likeness (QED) is 0.847. The van der Waals surface area contributed by atoms with E-state index in [-0.39, 0.29) is 17.3 Å². The fourth-order valence-electron chi connectivity index (χ4n) is 3.52. The van der Waals surface area contributed by atoms with E-state index in [2.05, 4.69) is 9.62 Å². The molecule has 1 atom stereocenters. The fraction of sp³-hybridized carbons (Fsp3) is 0.588. The maximum Gasteiger partial charge on any atom is 0.241 e. The van der Waals surface area contributed by atoms with Gasteiger partial charge in [-0.15, -0.1) is 0 Å². The summed E-state index contributed by atoms with van der Waals surface area (Å²) in [6.07, 6.45) is 4.64. The average molecular weight is 369 g/mol. The first-order valence-corrected chi connectivity index (χ1v) is 10.2. The number of carbonyl (C=O) groups excluding carboxylic acids is 1. The average Bonchev–Trinajstić information content (AvgIpc) is 3.11. The number of halogens is 1. The summed E-state index contributed by atoms with van der Waals surface area (Å²) in [4.78, 5) is 16.5. The maximum atomic E-state index is 12.9. The Bertz CT molecular complexity index is 702. The molecule has 1 aromatic rings. The summed E-state index contributed by atoms with van der Waals surface area (Å²) in [6, 6.07) is 4.92. The van der Waals surface area contributed by atoms with Crippen molar-refractivity contribution in [1.82, 2.24) is 14.5 Å². The Morgan fingerprint density at radius 2 is 1.80 bits per heavy atom. The molecule has 2 aliphatic rings. The maximum absolute atomic E-state index is 12.9. The number of rotatable bonds is 5. The SMILES string of the molecule is O=C(CNS(=O)(=O)c1ccc(F)cc1)N1CCC(N2CCCCC2)C1. The van der Waals surface area contributed by atoms with Crippen LogP contribution in [0.5, 0.6) is 0 Å². The number of amides is 1. The summed E-state index contributed by atoms with van der Waals surface area (Å²) < 4.78 is 39.5. The second kappa shape index (κ2) is 7.80. The van der Waals surface area contributed by atoms with E-state index in [1.807, 2.05) is 0 Å². The highest BCUT2D eigenvalue weighted by atomic mass is 32.2. The third-order valence-electron chi connectivity index (χ3n) is 4.96. The lowest BCUT2D eigenvalue weighted by Gasteiger charge is -2.32. The third-order valence-corrected chi connectivity index (χ3v) is 6.38. The molecule has 1 aromatic carbocycles. The van der Waals surface area contributed by atoms with Gasteiger partial charge in [-0.25, -0.2) is 17.5 Å². The van der Waals surface area contributed by atoms with Crippen LogP contribution in [0.25, 0.3) is 0 Å². The van der Waals surface area contributed by atoms with E-state index in [4.69, 9.17) is 0 Å². The minimum Gasteiger partial charge on any atom is -0.340 e. The molecule has 25 heavy (non-hydrogen) atoms. The number of likely N-dealkylation sites (tertiary alicyclic amines) is 2. The van der Waals surface area contributed by atoms with Crippen LogP contribution in [-0.4, -0.2) is 62.9 Å². The summed E-state index contributed by atoms with van der Waals surface area (Å²) in [7, 11) is -3.81. The number of hydrogen-bond donors (Lipinski definition) is 1. The van der Waals surface area contributed by atoms with Gasteiger partial charge in [-0.1, -0.05) is 6.42 Å². The Morgan fingerprint density at radius 3 is 2.48 bits per heavy atom. The van der Waals surface area contributed by atoms with Gasteiger partial charge in [0.15, 0.2) is 0 Å². The number of nitrogens with zero attached hydrogens (tertiary/aromatic N) is 2. The van der Waals surface area contributed by atoms with Gasteiger partial charge in [0.05, 0.1) is 11.4 Å². The van der Waals surface area contributed by atoms with Gasteiger partial charge in [0.1, 0.15) is 5.82 Å². The lowest BCUT2D eigenvalue weighted by atomic mass is 10.1. The van der Waals surface area contributed by atoms with Gasteiger partial charge in [-0.2, -0.15) is 0 Å². The lowest BCUT2D eigenvalue weighted by Crippen LogP contribution is -2.43. The van der Waals surface area contributed by atoms with Crippen LogP contribution >= 0.6 is 0 Å². The van der Waals surface area contributed by atoms with Crippen LogP contribution in [0.4, 0.5) is 4.39 Å². The van der Waals surface area contributed by atoms with E-state index in [0.29, 0.717) is 19.1 Å². The molecule has 0 spiro atoms. The summed E-state index contributed by atoms with van der Waals surface area (Å²) in [5, 5.41) is 0. The highest BCUT2D eigenvalue weighted by molar-refractivity contribution is 7.89. The molecule has 0 radical (unpaired) electrons. The van der Waals surface area contributed by atoms with Crippen LogP contribution in [0.15, 0.2) is 29.2 Å². The molecule has 1 amide bonds. The Morgan fingerprint density at radius 1 is 1.12 bits per heavy atom. The molecule has 1 N–H and O–H groups in total. The zero-order chi connectivity index (χ0) is 17.9. The molecule has 0 saturated carbocycles. The number of nitrogens with one attached hydrogen (secondary N) is 1. The second-order valence-corrected chi connectivity index (χ2v) is 8.42. The standard InChI is InChI=1S/C17H24FN3O3S/c18-14-4-6-16(7-5-14)25(23,24)19-12-17(22)21-11-8-15(13-21)20-9-2-1-3-10-20/h4-7,15,19H,1-3,8-13H2. The van der Waals surface area contributed by atoms with Crippen LogP contribution in [0, 0.1) is 5.82 Å². The van der Waals surface area contributed by atoms with Crippen LogP contribution < -0.4 is 4.72 Å². The van der Waals surface area contributed by atoms with Gasteiger partial charge in [0, 0.05) is 19.1 Å². The molecule has 3 rings (SSSR count). The zero-order valence-corrected chi connectivity index (χ0v) is 15.0. The van der Waals surface area contributed by atoms with Crippen molar-refractivity contribution in [3.63, 3.8) is 0 Å². The van der Waals surface area contributed by atoms with Gasteiger partial charge in [-0.3, -0.25) is 9.69 Å². The molecule has 2 fully saturated rings. The first kappa shape index (κ1) is 18.3. The summed E-state index contributed by atoms with van der Waals surface area (Å²) in [5.74, 6) is -0.721. The van der Waals surface area contributed by atoms with Gasteiger partial charge >= 0.3 is 0 Å². The number of hydrogen-bond acceptors (Lipinski definition) is 4. The molecule has 0 aliphatic carbocycles. The molecule has 2 aliphatic heterocycles. The highest BCUT2D eigenvalue weighted by Crippen LogP contribution is 2.20. The summed E-state index contributed by atoms with van der Waals surface area (Å²) in [5.41, 5.74) is 0. The first-order valence-electron chi connectivity index (χ1n) is 8.73. The zero-order valence-electron chi connectivity index (χ0n) is 14.2. The Hall–Kier alpha value is -1.51. The Balaban J connectivity index is 1.51. The van der Waals surface area contributed by atoms with Crippen molar-refractivity contribution in [3.05, 3.63) is 30.1 Å². The predicted molar refractivity (Wildman–Crippen MR) is 92.0 cm³/mol. The molecule has 1 unspecified atom stereocenters. The molecule has 6 nitrogen and oxygen atoms in total. The van der Waals surface area contributed by atoms with Crippen molar-refractivity contribution in [2.24, 2.45) is 0 Å². The molecule has 2 saturated heterocycles. The van der Waals surface area contributed by atoms with Crippen LogP contribution in [-0.2, 0) is 14.8 Å². The van der Waals surface area contributed by atoms with E-state index in [9.17, 15) is 17.6 Å².